The van der Waals surface area contributed by atoms with Gasteiger partial charge in [0, 0.05) is 16.6 Å². The molecule has 0 fully saturated rings. The van der Waals surface area contributed by atoms with Crippen LogP contribution in [0.1, 0.15) is 38.8 Å². The van der Waals surface area contributed by atoms with Crippen LogP contribution in [-0.4, -0.2) is 12.5 Å². The molecule has 1 amide bonds. The number of rotatable bonds is 6. The second-order valence-corrected chi connectivity index (χ2v) is 6.30. The summed E-state index contributed by atoms with van der Waals surface area (Å²) < 4.78 is 0. The van der Waals surface area contributed by atoms with Gasteiger partial charge in [-0.3, -0.25) is 4.79 Å². The molecule has 0 aliphatic heterocycles. The lowest BCUT2D eigenvalue weighted by Gasteiger charge is -2.21. The molecular weight excluding hydrogens is 295 g/mol. The van der Waals surface area contributed by atoms with Crippen molar-refractivity contribution in [2.75, 3.05) is 6.54 Å². The zero-order valence-corrected chi connectivity index (χ0v) is 13.6. The minimum Gasteiger partial charge on any atom is -0.349 e. The van der Waals surface area contributed by atoms with Crippen LogP contribution in [0.2, 0.25) is 10.0 Å². The molecule has 0 saturated carbocycles. The van der Waals surface area contributed by atoms with E-state index in [4.69, 9.17) is 28.9 Å². The minimum atomic E-state index is -0.173. The average molecular weight is 317 g/mol. The number of carbonyl (C=O) groups is 1. The summed E-state index contributed by atoms with van der Waals surface area (Å²) in [6, 6.07) is 5.10. The molecule has 0 unspecified atom stereocenters. The van der Waals surface area contributed by atoms with E-state index in [-0.39, 0.29) is 17.9 Å². The quantitative estimate of drug-likeness (QED) is 0.838. The van der Waals surface area contributed by atoms with Crippen LogP contribution >= 0.6 is 23.2 Å². The third-order valence-corrected chi connectivity index (χ3v) is 3.76. The second kappa shape index (κ2) is 7.87. The van der Waals surface area contributed by atoms with E-state index in [0.717, 1.165) is 12.0 Å². The normalized spacial score (nSPS) is 14.2. The lowest BCUT2D eigenvalue weighted by atomic mass is 9.96. The van der Waals surface area contributed by atoms with Crippen molar-refractivity contribution in [1.29, 1.82) is 0 Å². The first-order valence-electron chi connectivity index (χ1n) is 6.80. The van der Waals surface area contributed by atoms with Crippen molar-refractivity contribution in [1.82, 2.24) is 5.32 Å². The molecule has 1 aromatic carbocycles. The number of carbonyl (C=O) groups excluding carboxylic acids is 1. The summed E-state index contributed by atoms with van der Waals surface area (Å²) in [7, 11) is 0. The zero-order valence-electron chi connectivity index (χ0n) is 12.1. The van der Waals surface area contributed by atoms with Gasteiger partial charge in [0.2, 0.25) is 5.91 Å². The number of hydrogen-bond donors (Lipinski definition) is 2. The van der Waals surface area contributed by atoms with Crippen LogP contribution < -0.4 is 11.1 Å². The van der Waals surface area contributed by atoms with Crippen LogP contribution in [0.4, 0.5) is 0 Å². The molecule has 0 bridgehead atoms. The molecule has 0 aliphatic carbocycles. The molecule has 3 nitrogen and oxygen atoms in total. The van der Waals surface area contributed by atoms with Gasteiger partial charge in [0.1, 0.15) is 0 Å². The first kappa shape index (κ1) is 17.3. The molecule has 112 valence electrons. The molecule has 1 aromatic rings. The van der Waals surface area contributed by atoms with Crippen molar-refractivity contribution in [3.63, 3.8) is 0 Å². The Balaban J connectivity index is 2.73. The van der Waals surface area contributed by atoms with Gasteiger partial charge < -0.3 is 11.1 Å². The summed E-state index contributed by atoms with van der Waals surface area (Å²) in [5, 5.41) is 4.10. The van der Waals surface area contributed by atoms with Crippen LogP contribution in [0.15, 0.2) is 18.2 Å². The van der Waals surface area contributed by atoms with Crippen molar-refractivity contribution >= 4 is 29.1 Å². The lowest BCUT2D eigenvalue weighted by Crippen LogP contribution is -2.37. The summed E-state index contributed by atoms with van der Waals surface area (Å²) in [4.78, 5) is 12.2. The zero-order chi connectivity index (χ0) is 15.3. The molecule has 20 heavy (non-hydrogen) atoms. The summed E-state index contributed by atoms with van der Waals surface area (Å²) in [5.41, 5.74) is 6.53. The number of amides is 1. The Labute approximate surface area is 130 Å². The molecule has 2 atom stereocenters. The molecule has 0 spiro atoms. The fourth-order valence-electron chi connectivity index (χ4n) is 2.14. The molecule has 0 saturated heterocycles. The molecular formula is C15H22Cl2N2O. The maximum atomic E-state index is 12.2. The number of halogens is 2. The molecule has 0 aromatic heterocycles. The summed E-state index contributed by atoms with van der Waals surface area (Å²) in [5.74, 6) is 0.243. The fraction of sp³-hybridized carbons (Fsp3) is 0.533. The highest BCUT2D eigenvalue weighted by atomic mass is 35.5. The molecule has 3 N–H and O–H groups in total. The van der Waals surface area contributed by atoms with Gasteiger partial charge in [0.25, 0.3) is 0 Å². The van der Waals surface area contributed by atoms with E-state index >= 15 is 0 Å². The van der Waals surface area contributed by atoms with Gasteiger partial charge in [-0.1, -0.05) is 43.1 Å². The minimum absolute atomic E-state index is 0.0280. The van der Waals surface area contributed by atoms with Crippen molar-refractivity contribution in [2.24, 2.45) is 17.6 Å². The van der Waals surface area contributed by atoms with Gasteiger partial charge in [0.05, 0.1) is 12.0 Å². The standard InChI is InChI=1S/C15H22Cl2N2O/c1-9(2)6-11(8-18)15(20)19-10(3)13-5-4-12(16)7-14(13)17/h4-5,7,9-11H,6,8,18H2,1-3H3,(H,19,20)/t10-,11-/m1/s1. The fourth-order valence-corrected chi connectivity index (χ4v) is 2.71. The van der Waals surface area contributed by atoms with Crippen molar-refractivity contribution < 1.29 is 4.79 Å². The maximum Gasteiger partial charge on any atom is 0.224 e. The Bertz CT molecular complexity index is 463. The largest absolute Gasteiger partial charge is 0.349 e. The van der Waals surface area contributed by atoms with Crippen LogP contribution in [0.25, 0.3) is 0 Å². The van der Waals surface area contributed by atoms with Crippen LogP contribution in [0, 0.1) is 11.8 Å². The highest BCUT2D eigenvalue weighted by Gasteiger charge is 2.21. The predicted octanol–water partition coefficient (Wildman–Crippen LogP) is 3.79. The van der Waals surface area contributed by atoms with E-state index in [2.05, 4.69) is 19.2 Å². The van der Waals surface area contributed by atoms with E-state index in [1.807, 2.05) is 13.0 Å². The third-order valence-electron chi connectivity index (χ3n) is 3.20. The van der Waals surface area contributed by atoms with Gasteiger partial charge in [-0.15, -0.1) is 0 Å². The Morgan fingerprint density at radius 1 is 1.30 bits per heavy atom. The molecule has 5 heteroatoms. The lowest BCUT2D eigenvalue weighted by molar-refractivity contribution is -0.125. The van der Waals surface area contributed by atoms with Crippen LogP contribution in [-0.2, 0) is 4.79 Å². The monoisotopic (exact) mass is 316 g/mol. The average Bonchev–Trinajstić information content (AvgIpc) is 2.35. The molecule has 0 radical (unpaired) electrons. The van der Waals surface area contributed by atoms with Crippen LogP contribution in [0.3, 0.4) is 0 Å². The predicted molar refractivity (Wildman–Crippen MR) is 85.0 cm³/mol. The molecule has 0 aliphatic rings. The highest BCUT2D eigenvalue weighted by molar-refractivity contribution is 6.35. The number of hydrogen-bond acceptors (Lipinski definition) is 2. The third kappa shape index (κ3) is 4.97. The number of nitrogens with two attached hydrogens (primary N) is 1. The highest BCUT2D eigenvalue weighted by Crippen LogP contribution is 2.26. The van der Waals surface area contributed by atoms with Crippen molar-refractivity contribution in [3.8, 4) is 0 Å². The van der Waals surface area contributed by atoms with E-state index in [0.29, 0.717) is 22.5 Å². The first-order valence-corrected chi connectivity index (χ1v) is 7.56. The molecule has 1 rings (SSSR count). The SMILES string of the molecule is CC(C)C[C@H](CN)C(=O)N[C@H](C)c1ccc(Cl)cc1Cl. The molecule has 0 heterocycles. The van der Waals surface area contributed by atoms with Crippen LogP contribution in [0.5, 0.6) is 0 Å². The smallest absolute Gasteiger partial charge is 0.224 e. The van der Waals surface area contributed by atoms with Gasteiger partial charge in [0.15, 0.2) is 0 Å². The second-order valence-electron chi connectivity index (χ2n) is 5.46. The summed E-state index contributed by atoms with van der Waals surface area (Å²) >= 11 is 12.0. The van der Waals surface area contributed by atoms with Crippen molar-refractivity contribution in [3.05, 3.63) is 33.8 Å². The Morgan fingerprint density at radius 3 is 2.45 bits per heavy atom. The van der Waals surface area contributed by atoms with Crippen molar-refractivity contribution in [2.45, 2.75) is 33.2 Å². The van der Waals surface area contributed by atoms with E-state index in [9.17, 15) is 4.79 Å². The maximum absolute atomic E-state index is 12.2. The van der Waals surface area contributed by atoms with Gasteiger partial charge >= 0.3 is 0 Å². The first-order chi connectivity index (χ1) is 9.35. The Kier molecular flexibility index (Phi) is 6.80. The van der Waals surface area contributed by atoms with E-state index in [1.165, 1.54) is 0 Å². The topological polar surface area (TPSA) is 55.1 Å². The van der Waals surface area contributed by atoms with Gasteiger partial charge in [-0.2, -0.15) is 0 Å². The van der Waals surface area contributed by atoms with E-state index in [1.54, 1.807) is 12.1 Å². The number of nitrogens with one attached hydrogen (secondary N) is 1. The summed E-state index contributed by atoms with van der Waals surface area (Å²) in [6.07, 6.45) is 0.781. The summed E-state index contributed by atoms with van der Waals surface area (Å²) in [6.45, 7) is 6.41. The number of benzene rings is 1. The Morgan fingerprint density at radius 2 is 1.95 bits per heavy atom. The van der Waals surface area contributed by atoms with E-state index < -0.39 is 0 Å². The Hall–Kier alpha value is -0.770. The van der Waals surface area contributed by atoms with Gasteiger partial charge in [-0.25, -0.2) is 0 Å². The van der Waals surface area contributed by atoms with Gasteiger partial charge in [-0.05, 0) is 37.0 Å².